The van der Waals surface area contributed by atoms with E-state index >= 15 is 0 Å². The summed E-state index contributed by atoms with van der Waals surface area (Å²) in [6, 6.07) is 1.18. The summed E-state index contributed by atoms with van der Waals surface area (Å²) in [6.45, 7) is 0. The van der Waals surface area contributed by atoms with Gasteiger partial charge in [0.2, 0.25) is 0 Å². The Kier molecular flexibility index (Phi) is 3.87. The number of alkyl halides is 3. The zero-order valence-corrected chi connectivity index (χ0v) is 10.8. The standard InChI is InChI=1S/C11H13F3N4.ClH/c12-11(13,14)9-4-16-10(5-15-9)18-8-3-6-1-2-7(8)17-6;/h4-8,17H,1-3H2,(H,16,18);1H. The third kappa shape index (κ3) is 2.92. The predicted octanol–water partition coefficient (Wildman–Crippen LogP) is 2.22. The van der Waals surface area contributed by atoms with E-state index in [-0.39, 0.29) is 18.4 Å². The number of fused-ring (bicyclic) bond motifs is 2. The number of anilines is 1. The third-order valence-corrected chi connectivity index (χ3v) is 3.58. The third-order valence-electron chi connectivity index (χ3n) is 3.58. The lowest BCUT2D eigenvalue weighted by Gasteiger charge is -2.21. The molecule has 0 saturated carbocycles. The molecule has 0 aromatic carbocycles. The molecule has 0 amide bonds. The molecular weight excluding hydrogens is 281 g/mol. The molecule has 0 aliphatic carbocycles. The van der Waals surface area contributed by atoms with Crippen LogP contribution in [0, 0.1) is 0 Å². The Bertz CT molecular complexity index is 437. The van der Waals surface area contributed by atoms with Gasteiger partial charge in [-0.05, 0) is 19.3 Å². The molecule has 3 unspecified atom stereocenters. The summed E-state index contributed by atoms with van der Waals surface area (Å²) in [5.41, 5.74) is -0.959. The van der Waals surface area contributed by atoms with Crippen LogP contribution in [0.2, 0.25) is 0 Å². The summed E-state index contributed by atoms with van der Waals surface area (Å²) in [6.07, 6.45) is 0.766. The van der Waals surface area contributed by atoms with E-state index in [2.05, 4.69) is 20.6 Å². The van der Waals surface area contributed by atoms with E-state index < -0.39 is 11.9 Å². The number of nitrogens with one attached hydrogen (secondary N) is 2. The van der Waals surface area contributed by atoms with Crippen LogP contribution in [-0.2, 0) is 6.18 Å². The molecular formula is C11H14ClF3N4. The van der Waals surface area contributed by atoms with Crippen molar-refractivity contribution in [3.05, 3.63) is 18.1 Å². The highest BCUT2D eigenvalue weighted by Crippen LogP contribution is 2.30. The predicted molar refractivity (Wildman–Crippen MR) is 66.3 cm³/mol. The summed E-state index contributed by atoms with van der Waals surface area (Å²) in [5.74, 6) is 0.405. The number of nitrogens with zero attached hydrogens (tertiary/aromatic N) is 2. The lowest BCUT2D eigenvalue weighted by atomic mass is 9.95. The summed E-state index contributed by atoms with van der Waals surface area (Å²) in [7, 11) is 0. The Balaban J connectivity index is 0.00000133. The highest BCUT2D eigenvalue weighted by molar-refractivity contribution is 5.85. The molecule has 1 aromatic heterocycles. The molecule has 2 saturated heterocycles. The number of hydrogen-bond donors (Lipinski definition) is 2. The Morgan fingerprint density at radius 3 is 2.47 bits per heavy atom. The van der Waals surface area contributed by atoms with Crippen LogP contribution in [0.5, 0.6) is 0 Å². The van der Waals surface area contributed by atoms with Crippen molar-refractivity contribution in [2.45, 2.75) is 43.6 Å². The smallest absolute Gasteiger partial charge is 0.364 e. The van der Waals surface area contributed by atoms with Gasteiger partial charge in [-0.3, -0.25) is 0 Å². The van der Waals surface area contributed by atoms with Gasteiger partial charge >= 0.3 is 6.18 Å². The van der Waals surface area contributed by atoms with Crippen molar-refractivity contribution < 1.29 is 13.2 Å². The fourth-order valence-corrected chi connectivity index (χ4v) is 2.72. The van der Waals surface area contributed by atoms with Crippen molar-refractivity contribution in [3.8, 4) is 0 Å². The molecule has 0 radical (unpaired) electrons. The van der Waals surface area contributed by atoms with Crippen molar-refractivity contribution in [1.82, 2.24) is 15.3 Å². The zero-order chi connectivity index (χ0) is 12.8. The van der Waals surface area contributed by atoms with Crippen molar-refractivity contribution in [1.29, 1.82) is 0 Å². The van der Waals surface area contributed by atoms with Gasteiger partial charge in [0.25, 0.3) is 0 Å². The van der Waals surface area contributed by atoms with Crippen LogP contribution < -0.4 is 10.6 Å². The summed E-state index contributed by atoms with van der Waals surface area (Å²) in [5, 5.41) is 6.59. The first kappa shape index (κ1) is 14.3. The molecule has 106 valence electrons. The molecule has 2 aliphatic heterocycles. The van der Waals surface area contributed by atoms with Crippen LogP contribution in [0.15, 0.2) is 12.4 Å². The van der Waals surface area contributed by atoms with Crippen molar-refractivity contribution >= 4 is 18.2 Å². The highest BCUT2D eigenvalue weighted by atomic mass is 35.5. The molecule has 3 rings (SSSR count). The maximum atomic E-state index is 12.3. The Morgan fingerprint density at radius 2 is 2.00 bits per heavy atom. The van der Waals surface area contributed by atoms with E-state index in [0.717, 1.165) is 25.2 Å². The van der Waals surface area contributed by atoms with Crippen LogP contribution in [-0.4, -0.2) is 28.1 Å². The second kappa shape index (κ2) is 5.13. The first-order chi connectivity index (χ1) is 8.52. The van der Waals surface area contributed by atoms with E-state index in [4.69, 9.17) is 0 Å². The lowest BCUT2D eigenvalue weighted by molar-refractivity contribution is -0.141. The van der Waals surface area contributed by atoms with Gasteiger partial charge in [-0.2, -0.15) is 13.2 Å². The molecule has 2 fully saturated rings. The van der Waals surface area contributed by atoms with E-state index in [1.54, 1.807) is 0 Å². The van der Waals surface area contributed by atoms with Gasteiger partial charge in [-0.1, -0.05) is 0 Å². The minimum absolute atomic E-state index is 0. The van der Waals surface area contributed by atoms with E-state index in [9.17, 15) is 13.2 Å². The van der Waals surface area contributed by atoms with Crippen LogP contribution in [0.1, 0.15) is 25.0 Å². The molecule has 1 aromatic rings. The van der Waals surface area contributed by atoms with Gasteiger partial charge in [0.15, 0.2) is 5.69 Å². The fourth-order valence-electron chi connectivity index (χ4n) is 2.72. The SMILES string of the molecule is Cl.FC(F)(F)c1cnc(NC2CC3CCC2N3)cn1. The molecule has 4 nitrogen and oxygen atoms in total. The number of halogens is 4. The molecule has 3 heterocycles. The molecule has 19 heavy (non-hydrogen) atoms. The highest BCUT2D eigenvalue weighted by Gasteiger charge is 2.39. The van der Waals surface area contributed by atoms with Crippen LogP contribution in [0.4, 0.5) is 19.0 Å². The van der Waals surface area contributed by atoms with Crippen LogP contribution >= 0.6 is 12.4 Å². The largest absolute Gasteiger partial charge is 0.434 e. The molecule has 2 N–H and O–H groups in total. The molecule has 0 spiro atoms. The average molecular weight is 295 g/mol. The number of hydrogen-bond acceptors (Lipinski definition) is 4. The van der Waals surface area contributed by atoms with Gasteiger partial charge in [0.05, 0.1) is 12.4 Å². The quantitative estimate of drug-likeness (QED) is 0.878. The molecule has 3 atom stereocenters. The Morgan fingerprint density at radius 1 is 1.21 bits per heavy atom. The zero-order valence-electron chi connectivity index (χ0n) is 9.94. The maximum Gasteiger partial charge on any atom is 0.434 e. The second-order valence-corrected chi connectivity index (χ2v) is 4.82. The molecule has 8 heteroatoms. The summed E-state index contributed by atoms with van der Waals surface area (Å²) >= 11 is 0. The van der Waals surface area contributed by atoms with Gasteiger partial charge < -0.3 is 10.6 Å². The molecule has 2 aliphatic rings. The van der Waals surface area contributed by atoms with Crippen LogP contribution in [0.3, 0.4) is 0 Å². The number of rotatable bonds is 2. The number of aromatic nitrogens is 2. The van der Waals surface area contributed by atoms with Crippen molar-refractivity contribution in [2.75, 3.05) is 5.32 Å². The Hall–Kier alpha value is -1.08. The van der Waals surface area contributed by atoms with Gasteiger partial charge in [-0.25, -0.2) is 9.97 Å². The normalized spacial score (nSPS) is 29.1. The lowest BCUT2D eigenvalue weighted by Crippen LogP contribution is -2.33. The minimum atomic E-state index is -4.43. The first-order valence-electron chi connectivity index (χ1n) is 5.94. The fraction of sp³-hybridized carbons (Fsp3) is 0.636. The van der Waals surface area contributed by atoms with E-state index in [1.165, 1.54) is 6.42 Å². The topological polar surface area (TPSA) is 49.8 Å². The van der Waals surface area contributed by atoms with Crippen LogP contribution in [0.25, 0.3) is 0 Å². The van der Waals surface area contributed by atoms with Crippen molar-refractivity contribution in [3.63, 3.8) is 0 Å². The Labute approximate surface area is 114 Å². The minimum Gasteiger partial charge on any atom is -0.364 e. The first-order valence-corrected chi connectivity index (χ1v) is 5.94. The van der Waals surface area contributed by atoms with Gasteiger partial charge in [-0.15, -0.1) is 12.4 Å². The maximum absolute atomic E-state index is 12.3. The molecule has 2 bridgehead atoms. The summed E-state index contributed by atoms with van der Waals surface area (Å²) < 4.78 is 36.9. The monoisotopic (exact) mass is 294 g/mol. The summed E-state index contributed by atoms with van der Waals surface area (Å²) in [4.78, 5) is 7.15. The average Bonchev–Trinajstić information content (AvgIpc) is 2.90. The van der Waals surface area contributed by atoms with E-state index in [0.29, 0.717) is 17.9 Å². The van der Waals surface area contributed by atoms with E-state index in [1.807, 2.05) is 0 Å². The van der Waals surface area contributed by atoms with Gasteiger partial charge in [0, 0.05) is 18.1 Å². The second-order valence-electron chi connectivity index (χ2n) is 4.82. The van der Waals surface area contributed by atoms with Crippen molar-refractivity contribution in [2.24, 2.45) is 0 Å². The van der Waals surface area contributed by atoms with Gasteiger partial charge in [0.1, 0.15) is 5.82 Å².